The van der Waals surface area contributed by atoms with Gasteiger partial charge in [0.2, 0.25) is 0 Å². The molecule has 1 aromatic rings. The van der Waals surface area contributed by atoms with E-state index in [9.17, 15) is 0 Å². The van der Waals surface area contributed by atoms with Gasteiger partial charge in [0.1, 0.15) is 0 Å². The molecule has 2 N–H and O–H groups in total. The molecule has 0 amide bonds. The van der Waals surface area contributed by atoms with Crippen LogP contribution in [-0.2, 0) is 0 Å². The van der Waals surface area contributed by atoms with E-state index in [1.807, 2.05) is 0 Å². The van der Waals surface area contributed by atoms with Gasteiger partial charge in [-0.2, -0.15) is 0 Å². The van der Waals surface area contributed by atoms with E-state index in [-0.39, 0.29) is 0 Å². The van der Waals surface area contributed by atoms with Gasteiger partial charge in [0.25, 0.3) is 0 Å². The van der Waals surface area contributed by atoms with Crippen LogP contribution in [0.15, 0.2) is 18.2 Å². The van der Waals surface area contributed by atoms with Crippen LogP contribution in [0.4, 0.5) is 0 Å². The molecule has 0 aliphatic heterocycles. The summed E-state index contributed by atoms with van der Waals surface area (Å²) in [6.45, 7) is 6.30. The van der Waals surface area contributed by atoms with Crippen molar-refractivity contribution in [2.75, 3.05) is 20.1 Å². The molecule has 1 fully saturated rings. The van der Waals surface area contributed by atoms with Gasteiger partial charge in [-0.3, -0.25) is 4.90 Å². The van der Waals surface area contributed by atoms with E-state index >= 15 is 0 Å². The number of benzene rings is 1. The summed E-state index contributed by atoms with van der Waals surface area (Å²) in [4.78, 5) is 2.48. The van der Waals surface area contributed by atoms with Gasteiger partial charge in [-0.1, -0.05) is 31.0 Å². The molecule has 0 heterocycles. The largest absolute Gasteiger partial charge is 0.329 e. The molecule has 0 aromatic heterocycles. The monoisotopic (exact) mass is 260 g/mol. The molecule has 1 unspecified atom stereocenters. The number of likely N-dealkylation sites (N-methyl/N-ethyl adjacent to an activating group) is 1. The highest BCUT2D eigenvalue weighted by Crippen LogP contribution is 2.30. The number of rotatable bonds is 5. The Kier molecular flexibility index (Phi) is 5.00. The predicted molar refractivity (Wildman–Crippen MR) is 82.3 cm³/mol. The lowest BCUT2D eigenvalue weighted by molar-refractivity contribution is 0.211. The molecule has 19 heavy (non-hydrogen) atoms. The number of nitrogens with two attached hydrogens (primary N) is 1. The van der Waals surface area contributed by atoms with Crippen molar-refractivity contribution in [1.29, 1.82) is 0 Å². The minimum atomic E-state index is 0.363. The first-order valence-corrected chi connectivity index (χ1v) is 7.60. The first-order chi connectivity index (χ1) is 9.13. The molecule has 0 radical (unpaired) electrons. The first-order valence-electron chi connectivity index (χ1n) is 7.60. The second-order valence-corrected chi connectivity index (χ2v) is 6.15. The van der Waals surface area contributed by atoms with Crippen LogP contribution in [0.25, 0.3) is 0 Å². The van der Waals surface area contributed by atoms with Gasteiger partial charge in [-0.15, -0.1) is 0 Å². The smallest absolute Gasteiger partial charge is 0.0472 e. The molecule has 1 aliphatic carbocycles. The Morgan fingerprint density at radius 2 is 1.79 bits per heavy atom. The summed E-state index contributed by atoms with van der Waals surface area (Å²) in [6, 6.07) is 6.91. The molecule has 2 rings (SSSR count). The Labute approximate surface area is 118 Å². The van der Waals surface area contributed by atoms with Crippen LogP contribution in [0.2, 0.25) is 0 Å². The van der Waals surface area contributed by atoms with Crippen LogP contribution in [0.3, 0.4) is 0 Å². The van der Waals surface area contributed by atoms with Crippen LogP contribution >= 0.6 is 0 Å². The summed E-state index contributed by atoms with van der Waals surface area (Å²) < 4.78 is 0. The van der Waals surface area contributed by atoms with Crippen LogP contribution in [-0.4, -0.2) is 25.0 Å². The normalized spacial score (nSPS) is 18.2. The molecule has 1 aromatic carbocycles. The second-order valence-electron chi connectivity index (χ2n) is 6.15. The number of nitrogens with zero attached hydrogens (tertiary/aromatic N) is 1. The average molecular weight is 260 g/mol. The fourth-order valence-corrected chi connectivity index (χ4v) is 3.60. The van der Waals surface area contributed by atoms with E-state index in [0.717, 1.165) is 5.92 Å². The highest BCUT2D eigenvalue weighted by Gasteiger charge is 2.23. The van der Waals surface area contributed by atoms with Crippen molar-refractivity contribution in [3.8, 4) is 0 Å². The van der Waals surface area contributed by atoms with Gasteiger partial charge in [0, 0.05) is 19.1 Å². The summed E-state index contributed by atoms with van der Waals surface area (Å²) >= 11 is 0. The Balaban J connectivity index is 2.14. The summed E-state index contributed by atoms with van der Waals surface area (Å²) in [7, 11) is 2.24. The van der Waals surface area contributed by atoms with Crippen molar-refractivity contribution < 1.29 is 0 Å². The lowest BCUT2D eigenvalue weighted by atomic mass is 9.94. The summed E-state index contributed by atoms with van der Waals surface area (Å²) in [6.07, 6.45) is 5.62. The molecular weight excluding hydrogens is 232 g/mol. The molecule has 0 spiro atoms. The van der Waals surface area contributed by atoms with Gasteiger partial charge in [0.15, 0.2) is 0 Å². The molecule has 1 saturated carbocycles. The van der Waals surface area contributed by atoms with Gasteiger partial charge in [0.05, 0.1) is 0 Å². The van der Waals surface area contributed by atoms with E-state index in [1.54, 1.807) is 0 Å². The quantitative estimate of drug-likeness (QED) is 0.879. The topological polar surface area (TPSA) is 29.3 Å². The molecule has 1 atom stereocenters. The average Bonchev–Trinajstić information content (AvgIpc) is 2.86. The maximum atomic E-state index is 6.08. The zero-order valence-electron chi connectivity index (χ0n) is 12.7. The Morgan fingerprint density at radius 1 is 1.21 bits per heavy atom. The van der Waals surface area contributed by atoms with Crippen LogP contribution in [0, 0.1) is 19.8 Å². The van der Waals surface area contributed by atoms with Crippen molar-refractivity contribution >= 4 is 0 Å². The fourth-order valence-electron chi connectivity index (χ4n) is 3.60. The standard InChI is InChI=1S/C17H28N2/c1-13-7-6-8-14(2)17(13)16(11-18)19(3)12-15-9-4-5-10-15/h6-8,15-16H,4-5,9-12,18H2,1-3H3. The van der Waals surface area contributed by atoms with E-state index in [2.05, 4.69) is 44.0 Å². The molecule has 0 saturated heterocycles. The highest BCUT2D eigenvalue weighted by atomic mass is 15.1. The maximum absolute atomic E-state index is 6.08. The summed E-state index contributed by atoms with van der Waals surface area (Å²) in [5, 5.41) is 0. The lowest BCUT2D eigenvalue weighted by Gasteiger charge is -2.31. The van der Waals surface area contributed by atoms with Gasteiger partial charge in [-0.05, 0) is 56.3 Å². The Hall–Kier alpha value is -0.860. The van der Waals surface area contributed by atoms with Gasteiger partial charge >= 0.3 is 0 Å². The first kappa shape index (κ1) is 14.5. The van der Waals surface area contributed by atoms with E-state index in [1.165, 1.54) is 48.9 Å². The van der Waals surface area contributed by atoms with Gasteiger partial charge < -0.3 is 5.73 Å². The SMILES string of the molecule is Cc1cccc(C)c1C(CN)N(C)CC1CCCC1. The van der Waals surface area contributed by atoms with Gasteiger partial charge in [-0.25, -0.2) is 0 Å². The van der Waals surface area contributed by atoms with E-state index in [0.29, 0.717) is 12.6 Å². The molecule has 1 aliphatic rings. The second kappa shape index (κ2) is 6.53. The molecule has 2 nitrogen and oxygen atoms in total. The third kappa shape index (κ3) is 3.37. The molecular formula is C17H28N2. The lowest BCUT2D eigenvalue weighted by Crippen LogP contribution is -2.34. The zero-order valence-corrected chi connectivity index (χ0v) is 12.7. The van der Waals surface area contributed by atoms with Crippen molar-refractivity contribution in [3.63, 3.8) is 0 Å². The number of hydrogen-bond donors (Lipinski definition) is 1. The minimum absolute atomic E-state index is 0.363. The third-order valence-corrected chi connectivity index (χ3v) is 4.65. The van der Waals surface area contributed by atoms with E-state index in [4.69, 9.17) is 5.73 Å². The number of hydrogen-bond acceptors (Lipinski definition) is 2. The van der Waals surface area contributed by atoms with Crippen molar-refractivity contribution in [2.45, 2.75) is 45.6 Å². The van der Waals surface area contributed by atoms with Crippen LogP contribution in [0.1, 0.15) is 48.4 Å². The highest BCUT2D eigenvalue weighted by molar-refractivity contribution is 5.36. The zero-order chi connectivity index (χ0) is 13.8. The molecule has 106 valence electrons. The molecule has 2 heteroatoms. The summed E-state index contributed by atoms with van der Waals surface area (Å²) in [5.41, 5.74) is 10.3. The third-order valence-electron chi connectivity index (χ3n) is 4.65. The van der Waals surface area contributed by atoms with Crippen LogP contribution < -0.4 is 5.73 Å². The van der Waals surface area contributed by atoms with Crippen LogP contribution in [0.5, 0.6) is 0 Å². The number of aryl methyl sites for hydroxylation is 2. The fraction of sp³-hybridized carbons (Fsp3) is 0.647. The summed E-state index contributed by atoms with van der Waals surface area (Å²) in [5.74, 6) is 0.878. The van der Waals surface area contributed by atoms with Crippen molar-refractivity contribution in [3.05, 3.63) is 34.9 Å². The van der Waals surface area contributed by atoms with E-state index < -0.39 is 0 Å². The van der Waals surface area contributed by atoms with Crippen molar-refractivity contribution in [1.82, 2.24) is 4.90 Å². The molecule has 0 bridgehead atoms. The van der Waals surface area contributed by atoms with Crippen molar-refractivity contribution in [2.24, 2.45) is 11.7 Å². The predicted octanol–water partition coefficient (Wildman–Crippen LogP) is 3.43. The minimum Gasteiger partial charge on any atom is -0.329 e. The maximum Gasteiger partial charge on any atom is 0.0472 e. The Bertz CT molecular complexity index is 387. The Morgan fingerprint density at radius 3 is 2.32 bits per heavy atom.